The second-order valence-electron chi connectivity index (χ2n) is 8.19. The van der Waals surface area contributed by atoms with E-state index in [0.717, 1.165) is 39.4 Å². The van der Waals surface area contributed by atoms with Crippen LogP contribution in [0, 0.1) is 0 Å². The highest BCUT2D eigenvalue weighted by Gasteiger charge is 2.16. The molecule has 4 aromatic rings. The first-order chi connectivity index (χ1) is 18.2. The van der Waals surface area contributed by atoms with Gasteiger partial charge in [0.2, 0.25) is 12.7 Å². The van der Waals surface area contributed by atoms with E-state index in [0.29, 0.717) is 31.0 Å². The van der Waals surface area contributed by atoms with Gasteiger partial charge >= 0.3 is 0 Å². The summed E-state index contributed by atoms with van der Waals surface area (Å²) in [7, 11) is 1.65. The lowest BCUT2D eigenvalue weighted by Gasteiger charge is -2.13. The highest BCUT2D eigenvalue weighted by Crippen LogP contribution is 2.32. The molecular formula is C27H27N5O4S. The predicted molar refractivity (Wildman–Crippen MR) is 141 cm³/mol. The Morgan fingerprint density at radius 2 is 1.81 bits per heavy atom. The molecule has 0 radical (unpaired) electrons. The Hall–Kier alpha value is -4.18. The summed E-state index contributed by atoms with van der Waals surface area (Å²) < 4.78 is 18.2. The second-order valence-corrected chi connectivity index (χ2v) is 9.25. The van der Waals surface area contributed by atoms with E-state index < -0.39 is 0 Å². The number of nitrogens with zero attached hydrogens (tertiary/aromatic N) is 3. The van der Waals surface area contributed by atoms with Gasteiger partial charge in [0.1, 0.15) is 5.75 Å². The van der Waals surface area contributed by atoms with E-state index in [1.165, 1.54) is 11.8 Å². The summed E-state index contributed by atoms with van der Waals surface area (Å²) in [4.78, 5) is 12.5. The molecule has 1 amide bonds. The zero-order valence-corrected chi connectivity index (χ0v) is 21.2. The van der Waals surface area contributed by atoms with Gasteiger partial charge in [-0.15, -0.1) is 10.2 Å². The van der Waals surface area contributed by atoms with Crippen LogP contribution in [-0.2, 0) is 17.9 Å². The van der Waals surface area contributed by atoms with Crippen LogP contribution in [0.3, 0.4) is 0 Å². The summed E-state index contributed by atoms with van der Waals surface area (Å²) >= 11 is 1.50. The number of nitrogens with one attached hydrogen (secondary N) is 2. The molecule has 37 heavy (non-hydrogen) atoms. The summed E-state index contributed by atoms with van der Waals surface area (Å²) in [6.45, 7) is 1.12. The second kappa shape index (κ2) is 11.7. The number of aromatic nitrogens is 3. The Kier molecular flexibility index (Phi) is 7.75. The molecular weight excluding hydrogens is 490 g/mol. The third-order valence-corrected chi connectivity index (χ3v) is 6.68. The minimum atomic E-state index is -0.0333. The van der Waals surface area contributed by atoms with Crippen LogP contribution in [0.2, 0.25) is 0 Å². The van der Waals surface area contributed by atoms with E-state index in [1.54, 1.807) is 7.11 Å². The molecule has 0 bridgehead atoms. The molecule has 3 aromatic carbocycles. The fourth-order valence-electron chi connectivity index (χ4n) is 3.88. The number of methoxy groups -OCH3 is 1. The lowest BCUT2D eigenvalue weighted by molar-refractivity contribution is -0.120. The molecule has 5 rings (SSSR count). The summed E-state index contributed by atoms with van der Waals surface area (Å²) in [5.74, 6) is 3.48. The number of carbonyl (C=O) groups is 1. The smallest absolute Gasteiger partial charge is 0.231 e. The largest absolute Gasteiger partial charge is 0.495 e. The molecule has 1 aliphatic heterocycles. The van der Waals surface area contributed by atoms with Crippen molar-refractivity contribution in [1.82, 2.24) is 20.1 Å². The third kappa shape index (κ3) is 5.97. The fourth-order valence-corrected chi connectivity index (χ4v) is 4.79. The molecule has 2 heterocycles. The first kappa shape index (κ1) is 24.5. The molecule has 0 saturated carbocycles. The summed E-state index contributed by atoms with van der Waals surface area (Å²) in [5.41, 5.74) is 2.79. The first-order valence-electron chi connectivity index (χ1n) is 11.9. The molecule has 0 aliphatic carbocycles. The van der Waals surface area contributed by atoms with Crippen LogP contribution in [0.4, 0.5) is 5.69 Å². The molecule has 190 valence electrons. The molecule has 1 aromatic heterocycles. The average Bonchev–Trinajstić information content (AvgIpc) is 3.58. The Bertz CT molecular complexity index is 1360. The molecule has 0 spiro atoms. The SMILES string of the molecule is COc1ccccc1NCc1nnc(SCCC(=O)NCc2ccc3c(c2)OCO3)n1-c1ccccc1. The van der Waals surface area contributed by atoms with Gasteiger partial charge < -0.3 is 24.8 Å². The highest BCUT2D eigenvalue weighted by atomic mass is 32.2. The fraction of sp³-hybridized carbons (Fsp3) is 0.222. The van der Waals surface area contributed by atoms with Crippen LogP contribution in [-0.4, -0.2) is 40.3 Å². The zero-order valence-electron chi connectivity index (χ0n) is 20.3. The van der Waals surface area contributed by atoms with Gasteiger partial charge in [0.05, 0.1) is 19.3 Å². The Balaban J connectivity index is 1.20. The number of anilines is 1. The Morgan fingerprint density at radius 1 is 1.00 bits per heavy atom. The van der Waals surface area contributed by atoms with Gasteiger partial charge in [0, 0.05) is 24.4 Å². The van der Waals surface area contributed by atoms with Crippen LogP contribution >= 0.6 is 11.8 Å². The number of rotatable bonds is 11. The van der Waals surface area contributed by atoms with Crippen molar-refractivity contribution in [1.29, 1.82) is 0 Å². The van der Waals surface area contributed by atoms with Gasteiger partial charge in [-0.1, -0.05) is 48.2 Å². The molecule has 2 N–H and O–H groups in total. The van der Waals surface area contributed by atoms with Gasteiger partial charge in [0.25, 0.3) is 0 Å². The van der Waals surface area contributed by atoms with Gasteiger partial charge in [-0.3, -0.25) is 9.36 Å². The number of amides is 1. The topological polar surface area (TPSA) is 99.5 Å². The van der Waals surface area contributed by atoms with Crippen LogP contribution in [0.1, 0.15) is 17.8 Å². The summed E-state index contributed by atoms with van der Waals surface area (Å²) in [6.07, 6.45) is 0.353. The van der Waals surface area contributed by atoms with E-state index in [-0.39, 0.29) is 12.7 Å². The van der Waals surface area contributed by atoms with Gasteiger partial charge in [-0.05, 0) is 42.0 Å². The van der Waals surface area contributed by atoms with Crippen molar-refractivity contribution < 1.29 is 19.0 Å². The minimum Gasteiger partial charge on any atom is -0.495 e. The van der Waals surface area contributed by atoms with Crippen molar-refractivity contribution in [3.8, 4) is 22.9 Å². The number of carbonyl (C=O) groups excluding carboxylic acids is 1. The number of hydrogen-bond donors (Lipinski definition) is 2. The molecule has 0 fully saturated rings. The van der Waals surface area contributed by atoms with Crippen molar-refractivity contribution >= 4 is 23.4 Å². The van der Waals surface area contributed by atoms with Gasteiger partial charge in [-0.2, -0.15) is 0 Å². The molecule has 1 aliphatic rings. The van der Waals surface area contributed by atoms with Gasteiger partial charge in [0.15, 0.2) is 22.5 Å². The summed E-state index contributed by atoms with van der Waals surface area (Å²) in [5, 5.41) is 15.9. The number of ether oxygens (including phenoxy) is 3. The Labute approximate surface area is 219 Å². The number of para-hydroxylation sites is 3. The quantitative estimate of drug-likeness (QED) is 0.282. The normalized spacial score (nSPS) is 11.8. The van der Waals surface area contributed by atoms with Crippen molar-refractivity contribution in [2.75, 3.05) is 25.0 Å². The first-order valence-corrected chi connectivity index (χ1v) is 12.8. The Morgan fingerprint density at radius 3 is 2.68 bits per heavy atom. The lowest BCUT2D eigenvalue weighted by Crippen LogP contribution is -2.23. The summed E-state index contributed by atoms with van der Waals surface area (Å²) in [6, 6.07) is 23.4. The number of fused-ring (bicyclic) bond motifs is 1. The van der Waals surface area contributed by atoms with E-state index in [2.05, 4.69) is 20.8 Å². The van der Waals surface area contributed by atoms with E-state index >= 15 is 0 Å². The van der Waals surface area contributed by atoms with Crippen LogP contribution in [0.5, 0.6) is 17.2 Å². The number of thioether (sulfide) groups is 1. The molecule has 10 heteroatoms. The van der Waals surface area contributed by atoms with Crippen molar-refractivity contribution in [2.45, 2.75) is 24.7 Å². The maximum absolute atomic E-state index is 12.5. The highest BCUT2D eigenvalue weighted by molar-refractivity contribution is 7.99. The maximum Gasteiger partial charge on any atom is 0.231 e. The zero-order chi connectivity index (χ0) is 25.5. The molecule has 0 atom stereocenters. The molecule has 0 saturated heterocycles. The van der Waals surface area contributed by atoms with Crippen LogP contribution in [0.15, 0.2) is 78.0 Å². The van der Waals surface area contributed by atoms with E-state index in [1.807, 2.05) is 77.4 Å². The predicted octanol–water partition coefficient (Wildman–Crippen LogP) is 4.42. The number of hydrogen-bond acceptors (Lipinski definition) is 8. The monoisotopic (exact) mass is 517 g/mol. The maximum atomic E-state index is 12.5. The standard InChI is InChI=1S/C27H27N5O4S/c1-34-22-10-6-5-9-21(22)28-17-25-30-31-27(32(25)20-7-3-2-4-8-20)37-14-13-26(33)29-16-19-11-12-23-24(15-19)36-18-35-23/h2-12,15,28H,13-14,16-18H2,1H3,(H,29,33). The molecule has 9 nitrogen and oxygen atoms in total. The van der Waals surface area contributed by atoms with Gasteiger partial charge in [-0.25, -0.2) is 0 Å². The van der Waals surface area contributed by atoms with Crippen molar-refractivity contribution in [2.24, 2.45) is 0 Å². The average molecular weight is 518 g/mol. The van der Waals surface area contributed by atoms with E-state index in [9.17, 15) is 4.79 Å². The third-order valence-electron chi connectivity index (χ3n) is 5.75. The van der Waals surface area contributed by atoms with Crippen LogP contribution < -0.4 is 24.8 Å². The molecule has 0 unspecified atom stereocenters. The lowest BCUT2D eigenvalue weighted by atomic mass is 10.2. The number of benzene rings is 3. The minimum absolute atomic E-state index is 0.0333. The van der Waals surface area contributed by atoms with Crippen LogP contribution in [0.25, 0.3) is 5.69 Å². The van der Waals surface area contributed by atoms with E-state index in [4.69, 9.17) is 14.2 Å². The van der Waals surface area contributed by atoms with Crippen molar-refractivity contribution in [3.63, 3.8) is 0 Å². The van der Waals surface area contributed by atoms with Crippen molar-refractivity contribution in [3.05, 3.63) is 84.2 Å².